The molecule has 1 aliphatic rings. The second kappa shape index (κ2) is 15.6. The van der Waals surface area contributed by atoms with Gasteiger partial charge in [0.05, 0.1) is 0 Å². The summed E-state index contributed by atoms with van der Waals surface area (Å²) < 4.78 is 1.38. The molecule has 0 spiro atoms. The summed E-state index contributed by atoms with van der Waals surface area (Å²) in [4.78, 5) is 0. The van der Waals surface area contributed by atoms with Crippen molar-refractivity contribution in [3.05, 3.63) is 88.5 Å². The molecule has 182 valence electrons. The van der Waals surface area contributed by atoms with Gasteiger partial charge in [0.2, 0.25) is 11.4 Å². The summed E-state index contributed by atoms with van der Waals surface area (Å²) in [6.45, 7) is 4.47. The SMILES string of the molecule is CCCCCCCCCC#CC1=C(c2ccccc2)[N+](=[N-])C(c2ccccc2)=C1CCCC.[Pd]. The van der Waals surface area contributed by atoms with E-state index in [1.165, 1.54) is 43.2 Å². The zero-order valence-corrected chi connectivity index (χ0v) is 22.3. The molecule has 0 fully saturated rings. The number of hydrogen-bond acceptors (Lipinski definition) is 0. The summed E-state index contributed by atoms with van der Waals surface area (Å²) >= 11 is 0. The van der Waals surface area contributed by atoms with Crippen molar-refractivity contribution >= 4 is 11.4 Å². The minimum Gasteiger partial charge on any atom is -0.493 e. The Morgan fingerprint density at radius 2 is 1.21 bits per heavy atom. The first kappa shape index (κ1) is 28.0. The van der Waals surface area contributed by atoms with Crippen molar-refractivity contribution in [1.82, 2.24) is 0 Å². The summed E-state index contributed by atoms with van der Waals surface area (Å²) in [5, 5.41) is 0. The number of benzene rings is 2. The minimum absolute atomic E-state index is 0. The average molecular weight is 545 g/mol. The molecule has 34 heavy (non-hydrogen) atoms. The monoisotopic (exact) mass is 544 g/mol. The zero-order chi connectivity index (χ0) is 23.3. The van der Waals surface area contributed by atoms with Gasteiger partial charge in [-0.25, -0.2) is 4.70 Å². The van der Waals surface area contributed by atoms with Crippen molar-refractivity contribution in [3.63, 3.8) is 0 Å². The van der Waals surface area contributed by atoms with E-state index in [1.54, 1.807) is 0 Å². The van der Waals surface area contributed by atoms with Crippen molar-refractivity contribution in [2.45, 2.75) is 84.5 Å². The molecule has 1 heterocycles. The fraction of sp³-hybridized carbons (Fsp3) is 0.419. The smallest absolute Gasteiger partial charge is 0.223 e. The summed E-state index contributed by atoms with van der Waals surface area (Å²) in [5.74, 6) is 6.95. The fourth-order valence-electron chi connectivity index (χ4n) is 4.42. The molecule has 0 aliphatic carbocycles. The molecule has 0 atom stereocenters. The molecule has 0 amide bonds. The van der Waals surface area contributed by atoms with Gasteiger partial charge in [0.25, 0.3) is 0 Å². The third kappa shape index (κ3) is 7.63. The molecule has 0 radical (unpaired) electrons. The van der Waals surface area contributed by atoms with Crippen LogP contribution in [-0.4, -0.2) is 4.70 Å². The second-order valence-corrected chi connectivity index (χ2v) is 8.87. The minimum atomic E-state index is 0. The van der Waals surface area contributed by atoms with Crippen LogP contribution in [-0.2, 0) is 20.4 Å². The molecule has 0 unspecified atom stereocenters. The molecule has 3 rings (SSSR count). The Morgan fingerprint density at radius 3 is 1.79 bits per heavy atom. The molecule has 2 aromatic rings. The summed E-state index contributed by atoms with van der Waals surface area (Å²) in [7, 11) is 0. The van der Waals surface area contributed by atoms with Gasteiger partial charge in [-0.05, 0) is 43.5 Å². The molecule has 0 saturated carbocycles. The average Bonchev–Trinajstić information content (AvgIpc) is 3.13. The van der Waals surface area contributed by atoms with Gasteiger partial charge in [0.1, 0.15) is 5.57 Å². The first-order valence-corrected chi connectivity index (χ1v) is 12.8. The van der Waals surface area contributed by atoms with Gasteiger partial charge in [-0.15, -0.1) is 0 Å². The topological polar surface area (TPSA) is 25.3 Å². The van der Waals surface area contributed by atoms with Gasteiger partial charge >= 0.3 is 0 Å². The normalized spacial score (nSPS) is 13.1. The largest absolute Gasteiger partial charge is 0.493 e. The van der Waals surface area contributed by atoms with Crippen molar-refractivity contribution in [1.29, 1.82) is 0 Å². The van der Waals surface area contributed by atoms with E-state index >= 15 is 0 Å². The third-order valence-corrected chi connectivity index (χ3v) is 6.24. The van der Waals surface area contributed by atoms with E-state index in [0.29, 0.717) is 0 Å². The van der Waals surface area contributed by atoms with Crippen LogP contribution < -0.4 is 0 Å². The summed E-state index contributed by atoms with van der Waals surface area (Å²) in [6, 6.07) is 20.4. The van der Waals surface area contributed by atoms with Crippen LogP contribution in [0.15, 0.2) is 71.8 Å². The maximum atomic E-state index is 11.4. The Morgan fingerprint density at radius 1 is 0.676 bits per heavy atom. The Labute approximate surface area is 220 Å². The number of nitrogens with zero attached hydrogens (tertiary/aromatic N) is 2. The van der Waals surface area contributed by atoms with E-state index in [9.17, 15) is 5.53 Å². The van der Waals surface area contributed by atoms with Crippen molar-refractivity contribution in [2.24, 2.45) is 0 Å². The first-order valence-electron chi connectivity index (χ1n) is 12.8. The van der Waals surface area contributed by atoms with E-state index in [-0.39, 0.29) is 20.4 Å². The standard InChI is InChI=1S/C31H38N2.Pd/c1-3-5-7-8-9-10-11-12-19-25-29-28(24-6-4-2)30(26-20-15-13-16-21-26)33(32)31(29)27-22-17-14-18-23-27;/h13-18,20-23H,3-12,24H2,1-2H3;. The van der Waals surface area contributed by atoms with Crippen LogP contribution in [0.3, 0.4) is 0 Å². The van der Waals surface area contributed by atoms with Crippen LogP contribution in [0, 0.1) is 11.8 Å². The first-order chi connectivity index (χ1) is 16.3. The quantitative estimate of drug-likeness (QED) is 0.110. The number of unbranched alkanes of at least 4 members (excludes halogenated alkanes) is 8. The third-order valence-electron chi connectivity index (χ3n) is 6.24. The van der Waals surface area contributed by atoms with E-state index in [2.05, 4.69) is 50.0 Å². The maximum Gasteiger partial charge on any atom is 0.223 e. The molecule has 0 saturated heterocycles. The van der Waals surface area contributed by atoms with Crippen LogP contribution in [0.5, 0.6) is 0 Å². The summed E-state index contributed by atoms with van der Waals surface area (Å²) in [5.41, 5.74) is 17.3. The number of allylic oxidation sites excluding steroid dienone is 2. The van der Waals surface area contributed by atoms with Crippen LogP contribution >= 0.6 is 0 Å². The van der Waals surface area contributed by atoms with Crippen molar-refractivity contribution < 1.29 is 25.1 Å². The summed E-state index contributed by atoms with van der Waals surface area (Å²) in [6.07, 6.45) is 13.1. The van der Waals surface area contributed by atoms with Crippen molar-refractivity contribution in [2.75, 3.05) is 0 Å². The van der Waals surface area contributed by atoms with E-state index in [0.717, 1.165) is 65.8 Å². The van der Waals surface area contributed by atoms with E-state index in [4.69, 9.17) is 0 Å². The van der Waals surface area contributed by atoms with Gasteiger partial charge in [-0.2, -0.15) is 0 Å². The van der Waals surface area contributed by atoms with E-state index < -0.39 is 0 Å². The van der Waals surface area contributed by atoms with Gasteiger partial charge in [-0.1, -0.05) is 107 Å². The molecule has 3 heteroatoms. The van der Waals surface area contributed by atoms with E-state index in [1.807, 2.05) is 36.4 Å². The molecule has 0 aromatic heterocycles. The Hall–Kier alpha value is -2.26. The Bertz CT molecular complexity index is 1020. The molecular weight excluding hydrogens is 507 g/mol. The molecule has 2 nitrogen and oxygen atoms in total. The predicted octanol–water partition coefficient (Wildman–Crippen LogP) is 9.19. The molecule has 1 aliphatic heterocycles. The Kier molecular flexibility index (Phi) is 12.8. The molecule has 0 bridgehead atoms. The zero-order valence-electron chi connectivity index (χ0n) is 20.8. The number of rotatable bonds is 12. The Balaban J connectivity index is 0.00000408. The van der Waals surface area contributed by atoms with Gasteiger partial charge in [0.15, 0.2) is 0 Å². The fourth-order valence-corrected chi connectivity index (χ4v) is 4.42. The molecule has 2 aromatic carbocycles. The van der Waals surface area contributed by atoms with Crippen LogP contribution in [0.4, 0.5) is 0 Å². The van der Waals surface area contributed by atoms with Crippen LogP contribution in [0.1, 0.15) is 95.6 Å². The molecule has 0 N–H and O–H groups in total. The number of hydrogen-bond donors (Lipinski definition) is 0. The van der Waals surface area contributed by atoms with Gasteiger partial charge in [0, 0.05) is 43.5 Å². The predicted molar refractivity (Wildman–Crippen MR) is 140 cm³/mol. The molecular formula is C31H38N2Pd. The van der Waals surface area contributed by atoms with Crippen LogP contribution in [0.25, 0.3) is 16.9 Å². The van der Waals surface area contributed by atoms with Crippen LogP contribution in [0.2, 0.25) is 0 Å². The van der Waals surface area contributed by atoms with Gasteiger partial charge < -0.3 is 5.53 Å². The maximum absolute atomic E-state index is 11.4. The van der Waals surface area contributed by atoms with Gasteiger partial charge in [-0.3, -0.25) is 0 Å². The second-order valence-electron chi connectivity index (χ2n) is 8.87. The van der Waals surface area contributed by atoms with Crippen molar-refractivity contribution in [3.8, 4) is 11.8 Å².